The van der Waals surface area contributed by atoms with Gasteiger partial charge < -0.3 is 5.32 Å². The van der Waals surface area contributed by atoms with Crippen LogP contribution in [0, 0.1) is 5.82 Å². The van der Waals surface area contributed by atoms with Crippen molar-refractivity contribution in [1.29, 1.82) is 0 Å². The number of nitrogens with one attached hydrogen (secondary N) is 1. The molecule has 0 aromatic heterocycles. The summed E-state index contributed by atoms with van der Waals surface area (Å²) in [5.74, 6) is -0.884. The van der Waals surface area contributed by atoms with Crippen LogP contribution in [-0.2, 0) is 6.42 Å². The van der Waals surface area contributed by atoms with Crippen LogP contribution in [0.15, 0.2) is 53.0 Å². The predicted octanol–water partition coefficient (Wildman–Crippen LogP) is 3.95. The van der Waals surface area contributed by atoms with E-state index in [0.29, 0.717) is 11.0 Å². The van der Waals surface area contributed by atoms with Crippen LogP contribution in [-0.4, -0.2) is 12.5 Å². The van der Waals surface area contributed by atoms with Crippen molar-refractivity contribution in [3.63, 3.8) is 0 Å². The van der Waals surface area contributed by atoms with Gasteiger partial charge in [-0.1, -0.05) is 46.3 Å². The highest BCUT2D eigenvalue weighted by Gasteiger charge is 2.11. The third-order valence-corrected chi connectivity index (χ3v) is 3.44. The number of carbonyl (C=O) groups excluding carboxylic acids is 1. The Morgan fingerprint density at radius 3 is 2.65 bits per heavy atom. The van der Waals surface area contributed by atoms with E-state index in [1.807, 2.05) is 18.2 Å². The second-order valence-electron chi connectivity index (χ2n) is 4.47. The SMILES string of the molecule is O=C(NCCCc1ccccc1)c1cc(Br)ccc1F. The Morgan fingerprint density at radius 1 is 1.15 bits per heavy atom. The number of carbonyl (C=O) groups is 1. The fourth-order valence-corrected chi connectivity index (χ4v) is 2.27. The Bertz CT molecular complexity index is 586. The molecular formula is C16H15BrFNO. The zero-order chi connectivity index (χ0) is 14.4. The monoisotopic (exact) mass is 335 g/mol. The average Bonchev–Trinajstić information content (AvgIpc) is 2.47. The second kappa shape index (κ2) is 7.20. The van der Waals surface area contributed by atoms with Crippen molar-refractivity contribution in [2.24, 2.45) is 0 Å². The molecule has 2 aromatic carbocycles. The highest BCUT2D eigenvalue weighted by atomic mass is 79.9. The first-order valence-corrected chi connectivity index (χ1v) is 7.23. The summed E-state index contributed by atoms with van der Waals surface area (Å²) < 4.78 is 14.2. The van der Waals surface area contributed by atoms with E-state index in [9.17, 15) is 9.18 Å². The number of amides is 1. The molecule has 0 aliphatic carbocycles. The summed E-state index contributed by atoms with van der Waals surface area (Å²) in [6.45, 7) is 0.527. The first-order chi connectivity index (χ1) is 9.66. The summed E-state index contributed by atoms with van der Waals surface area (Å²) in [6, 6.07) is 14.4. The summed E-state index contributed by atoms with van der Waals surface area (Å²) in [6.07, 6.45) is 1.72. The summed E-state index contributed by atoms with van der Waals surface area (Å²) in [7, 11) is 0. The van der Waals surface area contributed by atoms with E-state index in [1.165, 1.54) is 17.7 Å². The van der Waals surface area contributed by atoms with Gasteiger partial charge in [-0.25, -0.2) is 4.39 Å². The van der Waals surface area contributed by atoms with Gasteiger partial charge in [0, 0.05) is 11.0 Å². The Labute approximate surface area is 126 Å². The second-order valence-corrected chi connectivity index (χ2v) is 5.38. The van der Waals surface area contributed by atoms with E-state index < -0.39 is 5.82 Å². The highest BCUT2D eigenvalue weighted by molar-refractivity contribution is 9.10. The summed E-state index contributed by atoms with van der Waals surface area (Å²) >= 11 is 3.23. The number of hydrogen-bond donors (Lipinski definition) is 1. The van der Waals surface area contributed by atoms with Crippen molar-refractivity contribution in [1.82, 2.24) is 5.32 Å². The van der Waals surface area contributed by atoms with Gasteiger partial charge in [0.25, 0.3) is 5.91 Å². The van der Waals surface area contributed by atoms with Crippen molar-refractivity contribution < 1.29 is 9.18 Å². The van der Waals surface area contributed by atoms with E-state index >= 15 is 0 Å². The lowest BCUT2D eigenvalue weighted by Crippen LogP contribution is -2.25. The molecule has 0 radical (unpaired) electrons. The quantitative estimate of drug-likeness (QED) is 0.823. The van der Waals surface area contributed by atoms with E-state index in [4.69, 9.17) is 0 Å². The topological polar surface area (TPSA) is 29.1 Å². The summed E-state index contributed by atoms with van der Waals surface area (Å²) in [5.41, 5.74) is 1.30. The third-order valence-electron chi connectivity index (χ3n) is 2.94. The molecule has 0 unspecified atom stereocenters. The molecule has 2 aromatic rings. The van der Waals surface area contributed by atoms with E-state index in [1.54, 1.807) is 6.07 Å². The number of rotatable bonds is 5. The Morgan fingerprint density at radius 2 is 1.90 bits per heavy atom. The van der Waals surface area contributed by atoms with Crippen LogP contribution >= 0.6 is 15.9 Å². The van der Waals surface area contributed by atoms with Crippen LogP contribution in [0.1, 0.15) is 22.3 Å². The van der Waals surface area contributed by atoms with E-state index in [0.717, 1.165) is 12.8 Å². The zero-order valence-electron chi connectivity index (χ0n) is 10.9. The molecule has 4 heteroatoms. The van der Waals surface area contributed by atoms with Crippen LogP contribution in [0.25, 0.3) is 0 Å². The molecule has 0 heterocycles. The van der Waals surface area contributed by atoms with E-state index in [-0.39, 0.29) is 11.5 Å². The first kappa shape index (κ1) is 14.7. The van der Waals surface area contributed by atoms with Crippen LogP contribution in [0.2, 0.25) is 0 Å². The fraction of sp³-hybridized carbons (Fsp3) is 0.188. The fourth-order valence-electron chi connectivity index (χ4n) is 1.91. The van der Waals surface area contributed by atoms with Gasteiger partial charge in [-0.2, -0.15) is 0 Å². The Balaban J connectivity index is 1.82. The van der Waals surface area contributed by atoms with Crippen molar-refractivity contribution in [3.05, 3.63) is 69.9 Å². The van der Waals surface area contributed by atoms with Gasteiger partial charge in [0.1, 0.15) is 5.82 Å². The van der Waals surface area contributed by atoms with Crippen molar-refractivity contribution in [2.75, 3.05) is 6.54 Å². The molecule has 0 saturated carbocycles. The van der Waals surface area contributed by atoms with Gasteiger partial charge in [-0.15, -0.1) is 0 Å². The third kappa shape index (κ3) is 4.17. The maximum absolute atomic E-state index is 13.5. The summed E-state index contributed by atoms with van der Waals surface area (Å²) in [5, 5.41) is 2.74. The minimum Gasteiger partial charge on any atom is -0.352 e. The van der Waals surface area contributed by atoms with Crippen LogP contribution in [0.3, 0.4) is 0 Å². The van der Waals surface area contributed by atoms with Crippen LogP contribution in [0.4, 0.5) is 4.39 Å². The smallest absolute Gasteiger partial charge is 0.254 e. The highest BCUT2D eigenvalue weighted by Crippen LogP contribution is 2.15. The Hall–Kier alpha value is -1.68. The molecule has 0 spiro atoms. The van der Waals surface area contributed by atoms with Crippen molar-refractivity contribution >= 4 is 21.8 Å². The van der Waals surface area contributed by atoms with Gasteiger partial charge in [0.05, 0.1) is 5.56 Å². The van der Waals surface area contributed by atoms with Gasteiger partial charge in [0.2, 0.25) is 0 Å². The maximum atomic E-state index is 13.5. The van der Waals surface area contributed by atoms with Gasteiger partial charge >= 0.3 is 0 Å². The molecular weight excluding hydrogens is 321 g/mol. The minimum absolute atomic E-state index is 0.0686. The normalized spacial score (nSPS) is 10.3. The molecule has 0 aliphatic rings. The molecule has 1 amide bonds. The molecule has 0 fully saturated rings. The lowest BCUT2D eigenvalue weighted by Gasteiger charge is -2.06. The average molecular weight is 336 g/mol. The number of benzene rings is 2. The largest absolute Gasteiger partial charge is 0.352 e. The maximum Gasteiger partial charge on any atom is 0.254 e. The molecule has 1 N–H and O–H groups in total. The molecule has 20 heavy (non-hydrogen) atoms. The number of halogens is 2. The van der Waals surface area contributed by atoms with Crippen molar-refractivity contribution in [2.45, 2.75) is 12.8 Å². The lowest BCUT2D eigenvalue weighted by atomic mass is 10.1. The minimum atomic E-state index is -0.506. The van der Waals surface area contributed by atoms with Gasteiger partial charge in [0.15, 0.2) is 0 Å². The molecule has 0 atom stereocenters. The molecule has 0 saturated heterocycles. The van der Waals surface area contributed by atoms with Crippen molar-refractivity contribution in [3.8, 4) is 0 Å². The van der Waals surface area contributed by atoms with E-state index in [2.05, 4.69) is 33.4 Å². The Kier molecular flexibility index (Phi) is 5.30. The summed E-state index contributed by atoms with van der Waals surface area (Å²) in [4.78, 5) is 11.9. The standard InChI is InChI=1S/C16H15BrFNO/c17-13-8-9-15(18)14(11-13)16(20)19-10-4-7-12-5-2-1-3-6-12/h1-3,5-6,8-9,11H,4,7,10H2,(H,19,20). The predicted molar refractivity (Wildman–Crippen MR) is 81.2 cm³/mol. The molecule has 0 aliphatic heterocycles. The van der Waals surface area contributed by atoms with Gasteiger partial charge in [-0.05, 0) is 36.6 Å². The first-order valence-electron chi connectivity index (χ1n) is 6.44. The molecule has 104 valence electrons. The molecule has 2 nitrogen and oxygen atoms in total. The zero-order valence-corrected chi connectivity index (χ0v) is 12.5. The van der Waals surface area contributed by atoms with Gasteiger partial charge in [-0.3, -0.25) is 4.79 Å². The number of aryl methyl sites for hydroxylation is 1. The number of hydrogen-bond acceptors (Lipinski definition) is 1. The van der Waals surface area contributed by atoms with Crippen LogP contribution < -0.4 is 5.32 Å². The molecule has 0 bridgehead atoms. The molecule has 2 rings (SSSR count). The lowest BCUT2D eigenvalue weighted by molar-refractivity contribution is 0.0949. The van der Waals surface area contributed by atoms with Crippen LogP contribution in [0.5, 0.6) is 0 Å².